The third kappa shape index (κ3) is 15.1. The number of ether oxygens (including phenoxy) is 4. The lowest BCUT2D eigenvalue weighted by Crippen LogP contribution is -2.14. The molecule has 1 unspecified atom stereocenters. The highest BCUT2D eigenvalue weighted by atomic mass is 16.6. The average Bonchev–Trinajstić information content (AvgIpc) is 2.70. The highest BCUT2D eigenvalue weighted by Gasteiger charge is 2.26. The predicted octanol–water partition coefficient (Wildman–Crippen LogP) is 4.05. The quantitative estimate of drug-likeness (QED) is 0.210. The largest absolute Gasteiger partial charge is 0.493 e. The smallest absolute Gasteiger partial charge is 0.306 e. The van der Waals surface area contributed by atoms with Crippen molar-refractivity contribution in [2.75, 3.05) is 33.5 Å². The van der Waals surface area contributed by atoms with Crippen molar-refractivity contribution in [2.45, 2.75) is 67.1 Å². The number of hydrogen-bond acceptors (Lipinski definition) is 9. The molecular weight excluding hydrogens is 434 g/mol. The Kier molecular flexibility index (Phi) is 18.9. The van der Waals surface area contributed by atoms with Gasteiger partial charge in [0, 0.05) is 19.6 Å². The Labute approximate surface area is 197 Å². The predicted molar refractivity (Wildman–Crippen MR) is 126 cm³/mol. The minimum Gasteiger partial charge on any atom is -0.493 e. The Morgan fingerprint density at radius 1 is 1.03 bits per heavy atom. The van der Waals surface area contributed by atoms with Gasteiger partial charge in [0.05, 0.1) is 36.4 Å². The van der Waals surface area contributed by atoms with Crippen molar-refractivity contribution in [2.24, 2.45) is 5.92 Å². The van der Waals surface area contributed by atoms with Crippen molar-refractivity contribution in [3.8, 4) is 11.5 Å². The summed E-state index contributed by atoms with van der Waals surface area (Å²) in [6, 6.07) is 2.76. The van der Waals surface area contributed by atoms with E-state index in [1.807, 2.05) is 27.7 Å². The van der Waals surface area contributed by atoms with Gasteiger partial charge in [-0.25, -0.2) is 0 Å². The summed E-state index contributed by atoms with van der Waals surface area (Å²) in [6.45, 7) is 13.6. The fraction of sp³-hybridized carbons (Fsp3) is 0.696. The molecule has 0 spiro atoms. The number of esters is 1. The molecule has 0 fully saturated rings. The molecule has 10 nitrogen and oxygen atoms in total. The van der Waals surface area contributed by atoms with Crippen LogP contribution < -0.4 is 9.47 Å². The molecule has 1 aromatic rings. The number of aliphatic hydroxyl groups excluding tert-OH is 2. The van der Waals surface area contributed by atoms with Gasteiger partial charge in [-0.15, -0.1) is 0 Å². The monoisotopic (exact) mass is 475 g/mol. The molecule has 1 rings (SSSR count). The second kappa shape index (κ2) is 19.1. The standard InChI is InChI=1S/C19H29NO7.2C2H6O/c1-12(2)9-19(21)27-14(5)15-10-17(24-6)18(11-16(15)20(22)23)26-8-7-25-13(3)4;2*1-2-3/h10-14H,7-9H2,1-6H3;2*3H,2H2,1H3. The Morgan fingerprint density at radius 3 is 2.00 bits per heavy atom. The number of methoxy groups -OCH3 is 1. The van der Waals surface area contributed by atoms with Crippen molar-refractivity contribution in [3.63, 3.8) is 0 Å². The van der Waals surface area contributed by atoms with Crippen LogP contribution >= 0.6 is 0 Å². The van der Waals surface area contributed by atoms with Gasteiger partial charge in [-0.1, -0.05) is 13.8 Å². The fourth-order valence-electron chi connectivity index (χ4n) is 2.40. The van der Waals surface area contributed by atoms with E-state index in [9.17, 15) is 14.9 Å². The number of carbonyl (C=O) groups is 1. The van der Waals surface area contributed by atoms with Crippen molar-refractivity contribution in [1.82, 2.24) is 0 Å². The van der Waals surface area contributed by atoms with Crippen molar-refractivity contribution in [1.29, 1.82) is 0 Å². The number of aliphatic hydroxyl groups is 2. The van der Waals surface area contributed by atoms with Crippen LogP contribution in [-0.4, -0.2) is 60.7 Å². The molecule has 0 amide bonds. The Hall–Kier alpha value is -2.43. The summed E-state index contributed by atoms with van der Waals surface area (Å²) in [6.07, 6.45) is -0.482. The second-order valence-electron chi connectivity index (χ2n) is 7.45. The lowest BCUT2D eigenvalue weighted by molar-refractivity contribution is -0.386. The molecule has 0 aliphatic heterocycles. The van der Waals surface area contributed by atoms with Gasteiger partial charge < -0.3 is 29.2 Å². The van der Waals surface area contributed by atoms with E-state index >= 15 is 0 Å². The van der Waals surface area contributed by atoms with Crippen molar-refractivity contribution >= 4 is 11.7 Å². The van der Waals surface area contributed by atoms with Crippen LogP contribution in [0.3, 0.4) is 0 Å². The lowest BCUT2D eigenvalue weighted by Gasteiger charge is -2.17. The molecule has 0 aromatic heterocycles. The number of benzene rings is 1. The summed E-state index contributed by atoms with van der Waals surface area (Å²) >= 11 is 0. The summed E-state index contributed by atoms with van der Waals surface area (Å²) in [4.78, 5) is 22.9. The first-order chi connectivity index (χ1) is 15.5. The maximum Gasteiger partial charge on any atom is 0.306 e. The lowest BCUT2D eigenvalue weighted by atomic mass is 10.1. The molecule has 0 saturated heterocycles. The summed E-state index contributed by atoms with van der Waals surface area (Å²) < 4.78 is 21.6. The normalized spacial score (nSPS) is 11.0. The minimum atomic E-state index is -0.788. The molecule has 33 heavy (non-hydrogen) atoms. The van der Waals surface area contributed by atoms with E-state index in [2.05, 4.69) is 0 Å². The molecule has 1 atom stereocenters. The highest BCUT2D eigenvalue weighted by molar-refractivity contribution is 5.70. The molecule has 10 heteroatoms. The maximum absolute atomic E-state index is 11.9. The van der Waals surface area contributed by atoms with Gasteiger partial charge in [0.25, 0.3) is 5.69 Å². The number of nitrogens with zero attached hydrogens (tertiary/aromatic N) is 1. The third-order valence-corrected chi connectivity index (χ3v) is 3.62. The number of nitro groups is 1. The Balaban J connectivity index is 0. The zero-order valence-electron chi connectivity index (χ0n) is 21.1. The van der Waals surface area contributed by atoms with E-state index in [0.29, 0.717) is 12.4 Å². The molecule has 192 valence electrons. The SMILES string of the molecule is CCO.CCO.COc1cc(C(C)OC(=O)CC(C)C)c([N+](=O)[O-])cc1OCCOC(C)C. The molecule has 2 N–H and O–H groups in total. The molecule has 0 bridgehead atoms. The van der Waals surface area contributed by atoms with Crippen LogP contribution in [0.5, 0.6) is 11.5 Å². The average molecular weight is 476 g/mol. The molecular formula is C23H41NO9. The first kappa shape index (κ1) is 32.7. The van der Waals surface area contributed by atoms with Gasteiger partial charge in [-0.2, -0.15) is 0 Å². The van der Waals surface area contributed by atoms with Crippen molar-refractivity contribution < 1.29 is 38.9 Å². The topological polar surface area (TPSA) is 138 Å². The second-order valence-corrected chi connectivity index (χ2v) is 7.45. The van der Waals surface area contributed by atoms with Crippen LogP contribution in [0, 0.1) is 16.0 Å². The van der Waals surface area contributed by atoms with E-state index < -0.39 is 17.0 Å². The Bertz CT molecular complexity index is 676. The van der Waals surface area contributed by atoms with Gasteiger partial charge >= 0.3 is 5.97 Å². The zero-order valence-corrected chi connectivity index (χ0v) is 21.1. The van der Waals surface area contributed by atoms with Gasteiger partial charge in [-0.05, 0) is 46.6 Å². The van der Waals surface area contributed by atoms with E-state index in [0.717, 1.165) is 0 Å². The van der Waals surface area contributed by atoms with Crippen LogP contribution in [0.2, 0.25) is 0 Å². The van der Waals surface area contributed by atoms with Crippen LogP contribution in [0.25, 0.3) is 0 Å². The molecule has 0 aliphatic rings. The minimum absolute atomic E-state index is 0.0635. The van der Waals surface area contributed by atoms with Crippen LogP contribution in [0.4, 0.5) is 5.69 Å². The van der Waals surface area contributed by atoms with Gasteiger partial charge in [0.15, 0.2) is 11.5 Å². The first-order valence-electron chi connectivity index (χ1n) is 11.0. The van der Waals surface area contributed by atoms with Gasteiger partial charge in [0.1, 0.15) is 12.7 Å². The van der Waals surface area contributed by atoms with E-state index in [-0.39, 0.29) is 55.3 Å². The highest BCUT2D eigenvalue weighted by Crippen LogP contribution is 2.38. The fourth-order valence-corrected chi connectivity index (χ4v) is 2.40. The van der Waals surface area contributed by atoms with Crippen molar-refractivity contribution in [3.05, 3.63) is 27.8 Å². The van der Waals surface area contributed by atoms with Gasteiger partial charge in [-0.3, -0.25) is 14.9 Å². The number of nitro benzene ring substituents is 1. The molecule has 0 heterocycles. The van der Waals surface area contributed by atoms with Crippen LogP contribution in [-0.2, 0) is 14.3 Å². The van der Waals surface area contributed by atoms with Gasteiger partial charge in [0.2, 0.25) is 0 Å². The zero-order chi connectivity index (χ0) is 26.0. The maximum atomic E-state index is 11.9. The summed E-state index contributed by atoms with van der Waals surface area (Å²) in [5.74, 6) is 0.294. The van der Waals surface area contributed by atoms with Crippen LogP contribution in [0.1, 0.15) is 66.6 Å². The van der Waals surface area contributed by atoms with E-state index in [4.69, 9.17) is 29.2 Å². The summed E-state index contributed by atoms with van der Waals surface area (Å²) in [5, 5.41) is 26.6. The van der Waals surface area contributed by atoms with Crippen LogP contribution in [0.15, 0.2) is 12.1 Å². The molecule has 0 aliphatic carbocycles. The third-order valence-electron chi connectivity index (χ3n) is 3.62. The summed E-state index contributed by atoms with van der Waals surface area (Å²) in [7, 11) is 1.44. The van der Waals surface area contributed by atoms with E-state index in [1.54, 1.807) is 20.8 Å². The first-order valence-corrected chi connectivity index (χ1v) is 11.0. The molecule has 0 saturated carbocycles. The number of carbonyl (C=O) groups excluding carboxylic acids is 1. The van der Waals surface area contributed by atoms with E-state index in [1.165, 1.54) is 19.2 Å². The summed E-state index contributed by atoms with van der Waals surface area (Å²) in [5.41, 5.74) is 0.0557. The molecule has 1 aromatic carbocycles. The number of hydrogen-bond donors (Lipinski definition) is 2. The number of rotatable bonds is 11. The molecule has 0 radical (unpaired) electrons. The Morgan fingerprint density at radius 2 is 1.58 bits per heavy atom.